The molecule has 21 heavy (non-hydrogen) atoms. The lowest BCUT2D eigenvalue weighted by Gasteiger charge is -2.29. The molecule has 0 aliphatic carbocycles. The van der Waals surface area contributed by atoms with E-state index in [0.717, 1.165) is 12.5 Å². The number of hydrogen-bond acceptors (Lipinski definition) is 2. The second-order valence-corrected chi connectivity index (χ2v) is 6.76. The van der Waals surface area contributed by atoms with E-state index in [9.17, 15) is 0 Å². The van der Waals surface area contributed by atoms with Crippen LogP contribution in [0, 0.1) is 5.92 Å². The minimum Gasteiger partial charge on any atom is -0.308 e. The van der Waals surface area contributed by atoms with Crippen molar-refractivity contribution in [1.29, 1.82) is 0 Å². The summed E-state index contributed by atoms with van der Waals surface area (Å²) in [6, 6.07) is 12.0. The molecule has 2 unspecified atom stereocenters. The van der Waals surface area contributed by atoms with Gasteiger partial charge in [0.05, 0.1) is 0 Å². The normalized spacial score (nSPS) is 14.6. The summed E-state index contributed by atoms with van der Waals surface area (Å²) in [7, 11) is 4.39. The zero-order valence-electron chi connectivity index (χ0n) is 14.6. The van der Waals surface area contributed by atoms with E-state index in [1.807, 2.05) is 0 Å². The maximum absolute atomic E-state index is 3.82. The van der Waals surface area contributed by atoms with Gasteiger partial charge in [0, 0.05) is 18.6 Å². The lowest BCUT2D eigenvalue weighted by molar-refractivity contribution is 0.238. The van der Waals surface area contributed by atoms with Crippen LogP contribution in [0.5, 0.6) is 0 Å². The summed E-state index contributed by atoms with van der Waals surface area (Å²) in [5, 5.41) is 3.82. The SMILES string of the molecule is CCCCC(NCC(CC(C)C)N(C)C)c1ccccc1. The average molecular weight is 290 g/mol. The van der Waals surface area contributed by atoms with Gasteiger partial charge < -0.3 is 10.2 Å². The van der Waals surface area contributed by atoms with E-state index in [0.29, 0.717) is 12.1 Å². The molecule has 1 aromatic rings. The Balaban J connectivity index is 2.63. The van der Waals surface area contributed by atoms with Crippen molar-refractivity contribution in [2.24, 2.45) is 5.92 Å². The van der Waals surface area contributed by atoms with E-state index in [-0.39, 0.29) is 0 Å². The van der Waals surface area contributed by atoms with Gasteiger partial charge >= 0.3 is 0 Å². The molecule has 0 spiro atoms. The molecule has 0 saturated carbocycles. The molecular formula is C19H34N2. The summed E-state index contributed by atoms with van der Waals surface area (Å²) < 4.78 is 0. The molecule has 1 rings (SSSR count). The van der Waals surface area contributed by atoms with Crippen molar-refractivity contribution < 1.29 is 0 Å². The molecule has 2 atom stereocenters. The molecule has 0 aliphatic heterocycles. The Hall–Kier alpha value is -0.860. The first-order valence-corrected chi connectivity index (χ1v) is 8.49. The Morgan fingerprint density at radius 3 is 2.29 bits per heavy atom. The molecule has 0 heterocycles. The lowest BCUT2D eigenvalue weighted by atomic mass is 9.99. The zero-order chi connectivity index (χ0) is 15.7. The third-order valence-electron chi connectivity index (χ3n) is 4.12. The van der Waals surface area contributed by atoms with Crippen LogP contribution in [0.25, 0.3) is 0 Å². The fourth-order valence-corrected chi connectivity index (χ4v) is 2.78. The third kappa shape index (κ3) is 7.10. The Labute approximate surface area is 131 Å². The maximum atomic E-state index is 3.82. The Bertz CT molecular complexity index is 359. The summed E-state index contributed by atoms with van der Waals surface area (Å²) in [6.45, 7) is 7.95. The van der Waals surface area contributed by atoms with E-state index >= 15 is 0 Å². The van der Waals surface area contributed by atoms with Crippen molar-refractivity contribution >= 4 is 0 Å². The molecule has 0 aliphatic rings. The van der Waals surface area contributed by atoms with E-state index in [4.69, 9.17) is 0 Å². The van der Waals surface area contributed by atoms with Gasteiger partial charge in [-0.3, -0.25) is 0 Å². The molecule has 1 aromatic carbocycles. The maximum Gasteiger partial charge on any atom is 0.0320 e. The van der Waals surface area contributed by atoms with Crippen molar-refractivity contribution in [2.45, 2.75) is 58.5 Å². The first-order chi connectivity index (χ1) is 10.0. The van der Waals surface area contributed by atoms with Crippen molar-refractivity contribution in [3.63, 3.8) is 0 Å². The Kier molecular flexibility index (Phi) is 8.63. The van der Waals surface area contributed by atoms with Gasteiger partial charge in [0.2, 0.25) is 0 Å². The minimum atomic E-state index is 0.487. The lowest BCUT2D eigenvalue weighted by Crippen LogP contribution is -2.40. The fourth-order valence-electron chi connectivity index (χ4n) is 2.78. The van der Waals surface area contributed by atoms with E-state index in [1.165, 1.54) is 31.2 Å². The Morgan fingerprint density at radius 1 is 1.10 bits per heavy atom. The van der Waals surface area contributed by atoms with Crippen molar-refractivity contribution in [2.75, 3.05) is 20.6 Å². The van der Waals surface area contributed by atoms with Crippen LogP contribution in [0.2, 0.25) is 0 Å². The van der Waals surface area contributed by atoms with Gasteiger partial charge in [-0.1, -0.05) is 63.9 Å². The van der Waals surface area contributed by atoms with Crippen LogP contribution in [0.4, 0.5) is 0 Å². The van der Waals surface area contributed by atoms with Gasteiger partial charge in [0.15, 0.2) is 0 Å². The summed E-state index contributed by atoms with van der Waals surface area (Å²) in [4.78, 5) is 2.36. The standard InChI is InChI=1S/C19H34N2/c1-6-7-13-19(17-11-9-8-10-12-17)20-15-18(21(4)5)14-16(2)3/h8-12,16,18-20H,6-7,13-15H2,1-5H3. The van der Waals surface area contributed by atoms with Gasteiger partial charge in [-0.25, -0.2) is 0 Å². The number of nitrogens with zero attached hydrogens (tertiary/aromatic N) is 1. The molecule has 0 fully saturated rings. The van der Waals surface area contributed by atoms with Crippen LogP contribution in [0.15, 0.2) is 30.3 Å². The van der Waals surface area contributed by atoms with E-state index < -0.39 is 0 Å². The van der Waals surface area contributed by atoms with Gasteiger partial charge in [-0.2, -0.15) is 0 Å². The molecule has 0 radical (unpaired) electrons. The highest BCUT2D eigenvalue weighted by Crippen LogP contribution is 2.20. The molecule has 120 valence electrons. The number of rotatable bonds is 10. The predicted molar refractivity (Wildman–Crippen MR) is 93.6 cm³/mol. The van der Waals surface area contributed by atoms with Crippen molar-refractivity contribution in [1.82, 2.24) is 10.2 Å². The first kappa shape index (κ1) is 18.2. The van der Waals surface area contributed by atoms with Gasteiger partial charge in [-0.05, 0) is 38.4 Å². The van der Waals surface area contributed by atoms with E-state index in [2.05, 4.69) is 75.4 Å². The summed E-state index contributed by atoms with van der Waals surface area (Å²) in [5.41, 5.74) is 1.42. The minimum absolute atomic E-state index is 0.487. The molecule has 0 bridgehead atoms. The summed E-state index contributed by atoms with van der Waals surface area (Å²) >= 11 is 0. The number of likely N-dealkylation sites (N-methyl/N-ethyl adjacent to an activating group) is 1. The van der Waals surface area contributed by atoms with Gasteiger partial charge in [0.1, 0.15) is 0 Å². The molecule has 2 heteroatoms. The number of hydrogen-bond donors (Lipinski definition) is 1. The molecule has 1 N–H and O–H groups in total. The largest absolute Gasteiger partial charge is 0.308 e. The number of benzene rings is 1. The first-order valence-electron chi connectivity index (χ1n) is 8.49. The van der Waals surface area contributed by atoms with Crippen molar-refractivity contribution in [3.8, 4) is 0 Å². The van der Waals surface area contributed by atoms with Crippen LogP contribution in [0.1, 0.15) is 58.1 Å². The highest BCUT2D eigenvalue weighted by Gasteiger charge is 2.16. The van der Waals surface area contributed by atoms with Crippen LogP contribution in [-0.2, 0) is 0 Å². The van der Waals surface area contributed by atoms with E-state index in [1.54, 1.807) is 0 Å². The van der Waals surface area contributed by atoms with Gasteiger partial charge in [-0.15, -0.1) is 0 Å². The molecule has 0 saturated heterocycles. The molecule has 2 nitrogen and oxygen atoms in total. The second-order valence-electron chi connectivity index (χ2n) is 6.76. The third-order valence-corrected chi connectivity index (χ3v) is 4.12. The quantitative estimate of drug-likeness (QED) is 0.683. The molecule has 0 aromatic heterocycles. The number of unbranched alkanes of at least 4 members (excludes halogenated alkanes) is 1. The topological polar surface area (TPSA) is 15.3 Å². The van der Waals surface area contributed by atoms with Crippen LogP contribution >= 0.6 is 0 Å². The highest BCUT2D eigenvalue weighted by atomic mass is 15.1. The molecular weight excluding hydrogens is 256 g/mol. The predicted octanol–water partition coefficient (Wildman–Crippen LogP) is 4.48. The summed E-state index contributed by atoms with van der Waals surface area (Å²) in [6.07, 6.45) is 5.01. The zero-order valence-corrected chi connectivity index (χ0v) is 14.6. The van der Waals surface area contributed by atoms with Crippen LogP contribution in [-0.4, -0.2) is 31.6 Å². The number of nitrogens with one attached hydrogen (secondary N) is 1. The second kappa shape index (κ2) is 9.97. The monoisotopic (exact) mass is 290 g/mol. The van der Waals surface area contributed by atoms with Crippen molar-refractivity contribution in [3.05, 3.63) is 35.9 Å². The Morgan fingerprint density at radius 2 is 1.76 bits per heavy atom. The smallest absolute Gasteiger partial charge is 0.0320 e. The highest BCUT2D eigenvalue weighted by molar-refractivity contribution is 5.18. The van der Waals surface area contributed by atoms with Crippen LogP contribution < -0.4 is 5.32 Å². The average Bonchev–Trinajstić information content (AvgIpc) is 2.46. The van der Waals surface area contributed by atoms with Crippen LogP contribution in [0.3, 0.4) is 0 Å². The fraction of sp³-hybridized carbons (Fsp3) is 0.684. The summed E-state index contributed by atoms with van der Waals surface area (Å²) in [5.74, 6) is 0.741. The molecule has 0 amide bonds. The van der Waals surface area contributed by atoms with Gasteiger partial charge in [0.25, 0.3) is 0 Å².